The highest BCUT2D eigenvalue weighted by Gasteiger charge is 2.16. The van der Waals surface area contributed by atoms with Gasteiger partial charge in [-0.3, -0.25) is 14.4 Å². The monoisotopic (exact) mass is 387 g/mol. The fraction of sp³-hybridized carbons (Fsp3) is 0.130. The molecular formula is C23H21N3O3. The number of ketones is 1. The maximum Gasteiger partial charge on any atom is 0.274 e. The topological polar surface area (TPSA) is 79.4 Å². The van der Waals surface area contributed by atoms with Crippen LogP contribution >= 0.6 is 0 Å². The number of benzene rings is 2. The number of carbonyl (C=O) groups excluding carboxylic acids is 3. The number of carbonyl (C=O) groups is 3. The predicted molar refractivity (Wildman–Crippen MR) is 111 cm³/mol. The molecule has 0 aliphatic carbocycles. The molecule has 0 aliphatic heterocycles. The first-order valence-electron chi connectivity index (χ1n) is 9.13. The van der Waals surface area contributed by atoms with Gasteiger partial charge < -0.3 is 10.2 Å². The number of Topliss-reactive ketones (excluding diaryl/α,β-unsaturated/α-hetero) is 1. The van der Waals surface area contributed by atoms with E-state index in [0.717, 1.165) is 5.56 Å². The van der Waals surface area contributed by atoms with E-state index >= 15 is 0 Å². The van der Waals surface area contributed by atoms with Gasteiger partial charge in [0.2, 0.25) is 0 Å². The van der Waals surface area contributed by atoms with Gasteiger partial charge in [-0.25, -0.2) is 4.98 Å². The van der Waals surface area contributed by atoms with E-state index in [9.17, 15) is 14.4 Å². The molecule has 0 saturated heterocycles. The van der Waals surface area contributed by atoms with Crippen molar-refractivity contribution in [3.8, 4) is 0 Å². The van der Waals surface area contributed by atoms with Crippen LogP contribution < -0.4 is 5.32 Å². The molecular weight excluding hydrogens is 366 g/mol. The standard InChI is InChI=1S/C23H21N3O3/c1-16(27)18-10-6-11-19(14-18)24-22(28)20-12-7-13-21(25-20)23(29)26(2)15-17-8-4-3-5-9-17/h3-14H,15H2,1-2H3,(H,24,28). The Balaban J connectivity index is 1.73. The summed E-state index contributed by atoms with van der Waals surface area (Å²) in [5, 5.41) is 2.71. The van der Waals surface area contributed by atoms with Crippen molar-refractivity contribution in [3.05, 3.63) is 95.3 Å². The quantitative estimate of drug-likeness (QED) is 0.653. The van der Waals surface area contributed by atoms with E-state index in [4.69, 9.17) is 0 Å². The van der Waals surface area contributed by atoms with Crippen molar-refractivity contribution in [2.75, 3.05) is 12.4 Å². The minimum Gasteiger partial charge on any atom is -0.336 e. The van der Waals surface area contributed by atoms with Crippen molar-refractivity contribution in [3.63, 3.8) is 0 Å². The Morgan fingerprint density at radius 2 is 1.59 bits per heavy atom. The van der Waals surface area contributed by atoms with E-state index in [1.165, 1.54) is 13.0 Å². The lowest BCUT2D eigenvalue weighted by Gasteiger charge is -2.17. The van der Waals surface area contributed by atoms with Crippen molar-refractivity contribution in [2.24, 2.45) is 0 Å². The Hall–Kier alpha value is -3.80. The molecule has 1 aromatic heterocycles. The van der Waals surface area contributed by atoms with Crippen molar-refractivity contribution < 1.29 is 14.4 Å². The fourth-order valence-corrected chi connectivity index (χ4v) is 2.82. The summed E-state index contributed by atoms with van der Waals surface area (Å²) in [5.41, 5.74) is 2.30. The highest BCUT2D eigenvalue weighted by atomic mass is 16.2. The van der Waals surface area contributed by atoms with Gasteiger partial charge in [0.1, 0.15) is 11.4 Å². The largest absolute Gasteiger partial charge is 0.336 e. The molecule has 0 fully saturated rings. The van der Waals surface area contributed by atoms with Crippen LogP contribution in [0.15, 0.2) is 72.8 Å². The van der Waals surface area contributed by atoms with Crippen LogP contribution in [0, 0.1) is 0 Å². The number of hydrogen-bond acceptors (Lipinski definition) is 4. The van der Waals surface area contributed by atoms with Gasteiger partial charge in [-0.2, -0.15) is 0 Å². The molecule has 6 heteroatoms. The number of nitrogens with one attached hydrogen (secondary N) is 1. The molecule has 1 N–H and O–H groups in total. The Morgan fingerprint density at radius 1 is 0.897 bits per heavy atom. The van der Waals surface area contributed by atoms with Crippen molar-refractivity contribution in [2.45, 2.75) is 13.5 Å². The highest BCUT2D eigenvalue weighted by Crippen LogP contribution is 2.13. The summed E-state index contributed by atoms with van der Waals surface area (Å²) in [5.74, 6) is -0.818. The van der Waals surface area contributed by atoms with Gasteiger partial charge in [-0.1, -0.05) is 48.5 Å². The van der Waals surface area contributed by atoms with Crippen LogP contribution in [0.3, 0.4) is 0 Å². The first-order valence-corrected chi connectivity index (χ1v) is 9.13. The predicted octanol–water partition coefficient (Wildman–Crippen LogP) is 3.81. The van der Waals surface area contributed by atoms with Gasteiger partial charge >= 0.3 is 0 Å². The molecule has 0 unspecified atom stereocenters. The van der Waals surface area contributed by atoms with Gasteiger partial charge in [-0.15, -0.1) is 0 Å². The molecule has 0 aliphatic rings. The van der Waals surface area contributed by atoms with E-state index in [2.05, 4.69) is 10.3 Å². The Kier molecular flexibility index (Phi) is 6.14. The zero-order valence-electron chi connectivity index (χ0n) is 16.3. The molecule has 0 spiro atoms. The van der Waals surface area contributed by atoms with Crippen LogP contribution in [0.5, 0.6) is 0 Å². The fourth-order valence-electron chi connectivity index (χ4n) is 2.82. The third-order valence-corrected chi connectivity index (χ3v) is 4.34. The van der Waals surface area contributed by atoms with Crippen LogP contribution in [-0.4, -0.2) is 34.5 Å². The molecule has 3 aromatic rings. The zero-order valence-corrected chi connectivity index (χ0v) is 16.3. The third kappa shape index (κ3) is 5.13. The summed E-state index contributed by atoms with van der Waals surface area (Å²) in [6, 6.07) is 21.0. The minimum atomic E-state index is -0.453. The average molecular weight is 387 g/mol. The number of aromatic nitrogens is 1. The summed E-state index contributed by atoms with van der Waals surface area (Å²) in [6.45, 7) is 1.90. The Bertz CT molecular complexity index is 1050. The van der Waals surface area contributed by atoms with Crippen LogP contribution in [0.1, 0.15) is 43.8 Å². The summed E-state index contributed by atoms with van der Waals surface area (Å²) in [6.07, 6.45) is 0. The lowest BCUT2D eigenvalue weighted by molar-refractivity contribution is 0.0779. The second kappa shape index (κ2) is 8.93. The lowest BCUT2D eigenvalue weighted by Crippen LogP contribution is -2.27. The summed E-state index contributed by atoms with van der Waals surface area (Å²) >= 11 is 0. The molecule has 3 rings (SSSR count). The smallest absolute Gasteiger partial charge is 0.274 e. The summed E-state index contributed by atoms with van der Waals surface area (Å²) < 4.78 is 0. The van der Waals surface area contributed by atoms with Gasteiger partial charge in [0.25, 0.3) is 11.8 Å². The minimum absolute atomic E-state index is 0.0896. The molecule has 1 heterocycles. The number of pyridine rings is 1. The molecule has 0 radical (unpaired) electrons. The number of rotatable bonds is 6. The molecule has 6 nitrogen and oxygen atoms in total. The van der Waals surface area contributed by atoms with Crippen LogP contribution in [0.4, 0.5) is 5.69 Å². The normalized spacial score (nSPS) is 10.3. The van der Waals surface area contributed by atoms with Crippen LogP contribution in [-0.2, 0) is 6.54 Å². The molecule has 146 valence electrons. The Morgan fingerprint density at radius 3 is 2.31 bits per heavy atom. The van der Waals surface area contributed by atoms with Crippen molar-refractivity contribution >= 4 is 23.3 Å². The van der Waals surface area contributed by atoms with E-state index < -0.39 is 5.91 Å². The molecule has 2 aromatic carbocycles. The molecule has 0 bridgehead atoms. The number of amides is 2. The third-order valence-electron chi connectivity index (χ3n) is 4.34. The summed E-state index contributed by atoms with van der Waals surface area (Å²) in [7, 11) is 1.69. The van der Waals surface area contributed by atoms with E-state index in [1.54, 1.807) is 48.3 Å². The second-order valence-electron chi connectivity index (χ2n) is 6.65. The van der Waals surface area contributed by atoms with Gasteiger partial charge in [0.05, 0.1) is 0 Å². The molecule has 29 heavy (non-hydrogen) atoms. The first-order chi connectivity index (χ1) is 13.9. The van der Waals surface area contributed by atoms with Crippen molar-refractivity contribution in [1.29, 1.82) is 0 Å². The van der Waals surface area contributed by atoms with Gasteiger partial charge in [0.15, 0.2) is 5.78 Å². The van der Waals surface area contributed by atoms with E-state index in [-0.39, 0.29) is 23.1 Å². The molecule has 2 amide bonds. The number of hydrogen-bond donors (Lipinski definition) is 1. The van der Waals surface area contributed by atoms with E-state index in [0.29, 0.717) is 17.8 Å². The highest BCUT2D eigenvalue weighted by molar-refractivity contribution is 6.04. The summed E-state index contributed by atoms with van der Waals surface area (Å²) in [4.78, 5) is 42.5. The first kappa shape index (κ1) is 19.9. The zero-order chi connectivity index (χ0) is 20.8. The maximum absolute atomic E-state index is 12.7. The number of nitrogens with zero attached hydrogens (tertiary/aromatic N) is 2. The van der Waals surface area contributed by atoms with Gasteiger partial charge in [0, 0.05) is 24.8 Å². The second-order valence-corrected chi connectivity index (χ2v) is 6.65. The van der Waals surface area contributed by atoms with Gasteiger partial charge in [-0.05, 0) is 36.8 Å². The van der Waals surface area contributed by atoms with Crippen LogP contribution in [0.25, 0.3) is 0 Å². The lowest BCUT2D eigenvalue weighted by atomic mass is 10.1. The molecule has 0 atom stereocenters. The molecule has 0 saturated carbocycles. The maximum atomic E-state index is 12.7. The van der Waals surface area contributed by atoms with Crippen molar-refractivity contribution in [1.82, 2.24) is 9.88 Å². The Labute approximate surface area is 169 Å². The number of anilines is 1. The van der Waals surface area contributed by atoms with Crippen LogP contribution in [0.2, 0.25) is 0 Å². The average Bonchev–Trinajstić information content (AvgIpc) is 2.74. The van der Waals surface area contributed by atoms with E-state index in [1.807, 2.05) is 30.3 Å². The SMILES string of the molecule is CC(=O)c1cccc(NC(=O)c2cccc(C(=O)N(C)Cc3ccccc3)n2)c1.